The van der Waals surface area contributed by atoms with Crippen molar-refractivity contribution in [1.29, 1.82) is 0 Å². The average Bonchev–Trinajstić information content (AvgIpc) is 3.40. The average molecular weight is 469 g/mol. The fourth-order valence-electron chi connectivity index (χ4n) is 4.02. The summed E-state index contributed by atoms with van der Waals surface area (Å²) in [4.78, 5) is 26.3. The molecule has 1 aliphatic heterocycles. The second-order valence-electron chi connectivity index (χ2n) is 7.23. The van der Waals surface area contributed by atoms with Crippen LogP contribution in [0.25, 0.3) is 0 Å². The molecule has 1 aliphatic rings. The molecule has 30 heavy (non-hydrogen) atoms. The number of imidazole rings is 1. The molecule has 1 saturated heterocycles. The second-order valence-corrected chi connectivity index (χ2v) is 8.12. The number of piperidine rings is 1. The van der Waals surface area contributed by atoms with Gasteiger partial charge in [-0.2, -0.15) is 0 Å². The number of aromatic amines is 1. The van der Waals surface area contributed by atoms with E-state index < -0.39 is 6.04 Å². The van der Waals surface area contributed by atoms with Crippen LogP contribution in [0, 0.1) is 0 Å². The number of nitrogen functional groups attached to an aromatic ring is 1. The number of likely N-dealkylation sites (tertiary alicyclic amines) is 1. The van der Waals surface area contributed by atoms with Crippen molar-refractivity contribution in [3.63, 3.8) is 0 Å². The molecule has 4 rings (SSSR count). The van der Waals surface area contributed by atoms with Crippen LogP contribution in [0.4, 0.5) is 5.13 Å². The molecule has 3 heterocycles. The summed E-state index contributed by atoms with van der Waals surface area (Å²) >= 11 is 1.46. The summed E-state index contributed by atoms with van der Waals surface area (Å²) in [6, 6.07) is 9.81. The lowest BCUT2D eigenvalue weighted by Gasteiger charge is -2.42. The first-order chi connectivity index (χ1) is 13.6. The van der Waals surface area contributed by atoms with E-state index >= 15 is 0 Å². The van der Waals surface area contributed by atoms with Gasteiger partial charge in [0.15, 0.2) is 5.13 Å². The Kier molecular flexibility index (Phi) is 8.25. The van der Waals surface area contributed by atoms with Crippen molar-refractivity contribution in [3.05, 3.63) is 65.2 Å². The van der Waals surface area contributed by atoms with E-state index in [2.05, 4.69) is 27.1 Å². The lowest BCUT2D eigenvalue weighted by Crippen LogP contribution is -2.51. The van der Waals surface area contributed by atoms with Gasteiger partial charge in [0.1, 0.15) is 0 Å². The normalized spacial score (nSPS) is 16.2. The number of hydrogen-bond donors (Lipinski definition) is 3. The van der Waals surface area contributed by atoms with Gasteiger partial charge in [-0.3, -0.25) is 4.79 Å². The van der Waals surface area contributed by atoms with E-state index in [4.69, 9.17) is 11.5 Å². The molecule has 10 heteroatoms. The Morgan fingerprint density at radius 1 is 1.23 bits per heavy atom. The maximum atomic E-state index is 12.8. The summed E-state index contributed by atoms with van der Waals surface area (Å²) in [5.41, 5.74) is 14.9. The zero-order chi connectivity index (χ0) is 19.6. The van der Waals surface area contributed by atoms with Gasteiger partial charge in [0.05, 0.1) is 18.1 Å². The number of H-pyrrole nitrogens is 1. The van der Waals surface area contributed by atoms with Crippen LogP contribution in [0.15, 0.2) is 48.2 Å². The summed E-state index contributed by atoms with van der Waals surface area (Å²) in [5.74, 6) is -0.0194. The molecule has 1 fully saturated rings. The Morgan fingerprint density at radius 2 is 1.93 bits per heavy atom. The van der Waals surface area contributed by atoms with Gasteiger partial charge in [0, 0.05) is 42.2 Å². The molecule has 1 amide bonds. The number of hydrogen-bond acceptors (Lipinski definition) is 6. The molecular formula is C20H26Cl2N6OS. The van der Waals surface area contributed by atoms with Crippen molar-refractivity contribution >= 4 is 47.2 Å². The van der Waals surface area contributed by atoms with E-state index in [1.807, 2.05) is 28.5 Å². The highest BCUT2D eigenvalue weighted by Gasteiger charge is 2.41. The summed E-state index contributed by atoms with van der Waals surface area (Å²) in [6.07, 6.45) is 5.35. The monoisotopic (exact) mass is 468 g/mol. The van der Waals surface area contributed by atoms with Crippen LogP contribution in [-0.2, 0) is 16.6 Å². The predicted molar refractivity (Wildman–Crippen MR) is 124 cm³/mol. The Hall–Kier alpha value is -2.13. The van der Waals surface area contributed by atoms with Crippen molar-refractivity contribution in [2.45, 2.75) is 30.7 Å². The lowest BCUT2D eigenvalue weighted by molar-refractivity contribution is -0.134. The number of carbonyl (C=O) groups excluding carboxylic acids is 1. The van der Waals surface area contributed by atoms with Crippen molar-refractivity contribution in [2.75, 3.05) is 18.8 Å². The fourth-order valence-corrected chi connectivity index (χ4v) is 4.68. The Morgan fingerprint density at radius 3 is 2.50 bits per heavy atom. The van der Waals surface area contributed by atoms with Crippen LogP contribution in [0.1, 0.15) is 29.8 Å². The molecule has 0 unspecified atom stereocenters. The number of rotatable bonds is 5. The van der Waals surface area contributed by atoms with Crippen LogP contribution in [0.5, 0.6) is 0 Å². The minimum Gasteiger partial charge on any atom is -0.375 e. The third kappa shape index (κ3) is 4.78. The van der Waals surface area contributed by atoms with Gasteiger partial charge in [-0.1, -0.05) is 30.3 Å². The third-order valence-corrected chi connectivity index (χ3v) is 6.25. The lowest BCUT2D eigenvalue weighted by atomic mass is 9.70. The summed E-state index contributed by atoms with van der Waals surface area (Å²) < 4.78 is 0. The van der Waals surface area contributed by atoms with Crippen LogP contribution < -0.4 is 11.5 Å². The number of nitrogens with one attached hydrogen (secondary N) is 1. The van der Waals surface area contributed by atoms with Crippen LogP contribution in [0.3, 0.4) is 0 Å². The molecule has 3 aromatic rings. The van der Waals surface area contributed by atoms with Gasteiger partial charge >= 0.3 is 0 Å². The van der Waals surface area contributed by atoms with Crippen molar-refractivity contribution in [1.82, 2.24) is 19.9 Å². The number of aromatic nitrogens is 3. The number of nitrogens with two attached hydrogens (primary N) is 2. The Labute approximate surface area is 192 Å². The molecule has 0 radical (unpaired) electrons. The maximum absolute atomic E-state index is 12.8. The van der Waals surface area contributed by atoms with Crippen molar-refractivity contribution in [3.8, 4) is 0 Å². The van der Waals surface area contributed by atoms with Gasteiger partial charge in [-0.05, 0) is 18.4 Å². The number of halogens is 2. The van der Waals surface area contributed by atoms with Crippen molar-refractivity contribution < 1.29 is 4.79 Å². The molecule has 1 atom stereocenters. The Bertz CT molecular complexity index is 926. The molecule has 0 bridgehead atoms. The molecule has 0 aliphatic carbocycles. The molecule has 7 nitrogen and oxygen atoms in total. The van der Waals surface area contributed by atoms with Gasteiger partial charge in [-0.15, -0.1) is 36.2 Å². The van der Waals surface area contributed by atoms with Crippen LogP contribution in [0.2, 0.25) is 0 Å². The summed E-state index contributed by atoms with van der Waals surface area (Å²) in [6.45, 7) is 1.28. The smallest absolute Gasteiger partial charge is 0.239 e. The standard InChI is InChI=1S/C20H24N6OS.2ClH/c21-16(10-15-11-23-13-24-15)18(27)26-8-6-20(7-9-26,14-4-2-1-3-5-14)17-12-28-19(22)25-17;;/h1-5,11-13,16H,6-10,21H2,(H2,22,25)(H,23,24);2*1H/t16-;;/m0../s1. The first-order valence-corrected chi connectivity index (χ1v) is 10.2. The maximum Gasteiger partial charge on any atom is 0.239 e. The molecule has 162 valence electrons. The topological polar surface area (TPSA) is 114 Å². The molecule has 5 N–H and O–H groups in total. The first kappa shape index (κ1) is 24.1. The predicted octanol–water partition coefficient (Wildman–Crippen LogP) is 2.77. The number of nitrogens with zero attached hydrogens (tertiary/aromatic N) is 3. The quantitative estimate of drug-likeness (QED) is 0.532. The van der Waals surface area contributed by atoms with Gasteiger partial charge < -0.3 is 21.4 Å². The van der Waals surface area contributed by atoms with Crippen molar-refractivity contribution in [2.24, 2.45) is 5.73 Å². The highest BCUT2D eigenvalue weighted by Crippen LogP contribution is 2.42. The van der Waals surface area contributed by atoms with Gasteiger partial charge in [0.2, 0.25) is 5.91 Å². The van der Waals surface area contributed by atoms with E-state index in [1.165, 1.54) is 16.9 Å². The summed E-state index contributed by atoms with van der Waals surface area (Å²) in [7, 11) is 0. The van der Waals surface area contributed by atoms with Crippen LogP contribution in [-0.4, -0.2) is 44.9 Å². The molecule has 0 spiro atoms. The summed E-state index contributed by atoms with van der Waals surface area (Å²) in [5, 5.41) is 2.62. The van der Waals surface area contributed by atoms with E-state index in [9.17, 15) is 4.79 Å². The highest BCUT2D eigenvalue weighted by atomic mass is 35.5. The fraction of sp³-hybridized carbons (Fsp3) is 0.350. The number of carbonyl (C=O) groups is 1. The number of thiazole rings is 1. The van der Waals surface area contributed by atoms with E-state index in [1.54, 1.807) is 12.5 Å². The molecule has 0 saturated carbocycles. The van der Waals surface area contributed by atoms with Crippen LogP contribution >= 0.6 is 36.2 Å². The zero-order valence-corrected chi connectivity index (χ0v) is 18.8. The minimum absolute atomic E-state index is 0. The molecule has 2 aromatic heterocycles. The zero-order valence-electron chi connectivity index (χ0n) is 16.4. The third-order valence-electron chi connectivity index (χ3n) is 5.58. The van der Waals surface area contributed by atoms with E-state index in [0.717, 1.165) is 24.2 Å². The minimum atomic E-state index is -0.570. The van der Waals surface area contributed by atoms with E-state index in [-0.39, 0.29) is 36.1 Å². The number of amides is 1. The van der Waals surface area contributed by atoms with Gasteiger partial charge in [0.25, 0.3) is 0 Å². The SMILES string of the molecule is Cl.Cl.Nc1nc(C2(c3ccccc3)CCN(C(=O)[C@@H](N)Cc3cnc[nH]3)CC2)cs1. The van der Waals surface area contributed by atoms with E-state index in [0.29, 0.717) is 24.6 Å². The Balaban J connectivity index is 0.00000160. The molecular weight excluding hydrogens is 443 g/mol. The largest absolute Gasteiger partial charge is 0.375 e. The number of benzene rings is 1. The first-order valence-electron chi connectivity index (χ1n) is 9.37. The van der Waals surface area contributed by atoms with Gasteiger partial charge in [-0.25, -0.2) is 9.97 Å². The molecule has 1 aromatic carbocycles. The number of anilines is 1. The second kappa shape index (κ2) is 10.3. The highest BCUT2D eigenvalue weighted by molar-refractivity contribution is 7.13.